The Balaban J connectivity index is 1.80. The summed E-state index contributed by atoms with van der Waals surface area (Å²) in [7, 11) is 0. The highest BCUT2D eigenvalue weighted by molar-refractivity contribution is 5.96. The fourth-order valence-electron chi connectivity index (χ4n) is 4.66. The molecule has 2 aliphatic rings. The first-order valence-electron chi connectivity index (χ1n) is 11.5. The van der Waals surface area contributed by atoms with E-state index in [0.29, 0.717) is 32.2 Å². The van der Waals surface area contributed by atoms with Gasteiger partial charge in [-0.3, -0.25) is 9.59 Å². The highest BCUT2D eigenvalue weighted by Gasteiger charge is 2.61. The van der Waals surface area contributed by atoms with Gasteiger partial charge in [0, 0.05) is 12.2 Å². The number of nitrogens with one attached hydrogen (secondary N) is 2. The summed E-state index contributed by atoms with van der Waals surface area (Å²) in [5, 5.41) is 15.2. The van der Waals surface area contributed by atoms with Gasteiger partial charge < -0.3 is 20.6 Å². The van der Waals surface area contributed by atoms with Gasteiger partial charge in [0.05, 0.1) is 5.56 Å². The molecular weight excluding hydrogens is 451 g/mol. The Hall–Kier alpha value is -2.78. The van der Waals surface area contributed by atoms with E-state index >= 15 is 0 Å². The molecule has 3 N–H and O–H groups in total. The van der Waals surface area contributed by atoms with Crippen LogP contribution in [-0.4, -0.2) is 52.0 Å². The maximum atomic E-state index is 13.6. The van der Waals surface area contributed by atoms with Gasteiger partial charge in [0.1, 0.15) is 17.6 Å². The third-order valence-corrected chi connectivity index (χ3v) is 6.78. The first kappa shape index (κ1) is 25.8. The van der Waals surface area contributed by atoms with Crippen molar-refractivity contribution >= 4 is 23.5 Å². The molecule has 0 unspecified atom stereocenters. The van der Waals surface area contributed by atoms with E-state index in [0.717, 1.165) is 12.1 Å². The number of likely N-dealkylation sites (tertiary alicyclic amines) is 1. The number of benzene rings is 1. The Morgan fingerprint density at radius 1 is 1.24 bits per heavy atom. The summed E-state index contributed by atoms with van der Waals surface area (Å²) < 4.78 is 39.4. The molecule has 2 fully saturated rings. The summed E-state index contributed by atoms with van der Waals surface area (Å²) >= 11 is 0. The summed E-state index contributed by atoms with van der Waals surface area (Å²) in [5.41, 5.74) is -2.65. The zero-order valence-corrected chi connectivity index (χ0v) is 19.8. The molecule has 3 rings (SSSR count). The molecule has 1 aliphatic heterocycles. The topological polar surface area (TPSA) is 98.7 Å². The van der Waals surface area contributed by atoms with Crippen molar-refractivity contribution in [1.29, 1.82) is 0 Å². The third kappa shape index (κ3) is 5.15. The number of carboxylic acids is 1. The number of hydrogen-bond donors (Lipinski definition) is 3. The molecule has 1 saturated heterocycles. The minimum absolute atomic E-state index is 0.149. The third-order valence-electron chi connectivity index (χ3n) is 6.78. The van der Waals surface area contributed by atoms with Crippen LogP contribution in [0.3, 0.4) is 0 Å². The van der Waals surface area contributed by atoms with Gasteiger partial charge in [0.15, 0.2) is 0 Å². The van der Waals surface area contributed by atoms with E-state index in [4.69, 9.17) is 0 Å². The van der Waals surface area contributed by atoms with Crippen molar-refractivity contribution < 1.29 is 32.7 Å². The highest BCUT2D eigenvalue weighted by Crippen LogP contribution is 2.46. The standard InChI is InChI=1S/C24H32F3N3O4/c1-5-14-13-23(14,21(33)34)29-19(31)17-10-7-11-30(17)20(32)18(22(2,3)4)28-16-9-6-8-15(12-16)24(25,26)27/h6,8-9,12,14,17-18,28H,5,7,10-11,13H2,1-4H3,(H,29,31)(H,33,34)/t14-,17+,18-,23-/m1/s1. The molecule has 188 valence electrons. The molecular formula is C24H32F3N3O4. The SMILES string of the molecule is CC[C@@H]1C[C@]1(NC(=O)[C@@H]1CCCN1C(=O)[C@@H](Nc1cccc(C(F)(F)F)c1)C(C)(C)C)C(=O)O. The van der Waals surface area contributed by atoms with Gasteiger partial charge in [-0.05, 0) is 48.8 Å². The van der Waals surface area contributed by atoms with Crippen molar-refractivity contribution in [1.82, 2.24) is 10.2 Å². The number of hydrogen-bond acceptors (Lipinski definition) is 4. The maximum Gasteiger partial charge on any atom is 0.416 e. The zero-order chi connectivity index (χ0) is 25.5. The molecule has 34 heavy (non-hydrogen) atoms. The molecule has 4 atom stereocenters. The van der Waals surface area contributed by atoms with E-state index in [9.17, 15) is 32.7 Å². The van der Waals surface area contributed by atoms with Crippen LogP contribution in [0, 0.1) is 11.3 Å². The minimum Gasteiger partial charge on any atom is -0.479 e. The van der Waals surface area contributed by atoms with Crippen LogP contribution in [-0.2, 0) is 20.6 Å². The maximum absolute atomic E-state index is 13.6. The van der Waals surface area contributed by atoms with Crippen molar-refractivity contribution in [3.8, 4) is 0 Å². The smallest absolute Gasteiger partial charge is 0.416 e. The van der Waals surface area contributed by atoms with Crippen LogP contribution in [0.5, 0.6) is 0 Å². The van der Waals surface area contributed by atoms with Crippen LogP contribution in [0.2, 0.25) is 0 Å². The molecule has 1 heterocycles. The van der Waals surface area contributed by atoms with Crippen LogP contribution in [0.15, 0.2) is 24.3 Å². The van der Waals surface area contributed by atoms with E-state index in [1.807, 2.05) is 6.92 Å². The lowest BCUT2D eigenvalue weighted by atomic mass is 9.85. The summed E-state index contributed by atoms with van der Waals surface area (Å²) in [5.74, 6) is -2.14. The lowest BCUT2D eigenvalue weighted by Gasteiger charge is -2.36. The fraction of sp³-hybridized carbons (Fsp3) is 0.625. The predicted molar refractivity (Wildman–Crippen MR) is 120 cm³/mol. The Morgan fingerprint density at radius 3 is 2.44 bits per heavy atom. The van der Waals surface area contributed by atoms with Crippen LogP contribution >= 0.6 is 0 Å². The van der Waals surface area contributed by atoms with E-state index in [1.165, 1.54) is 17.0 Å². The monoisotopic (exact) mass is 483 g/mol. The average molecular weight is 484 g/mol. The molecule has 0 radical (unpaired) electrons. The van der Waals surface area contributed by atoms with Crippen molar-refractivity contribution in [2.45, 2.75) is 77.2 Å². The van der Waals surface area contributed by atoms with Gasteiger partial charge >= 0.3 is 12.1 Å². The Bertz CT molecular complexity index is 960. The molecule has 1 aromatic rings. The fourth-order valence-corrected chi connectivity index (χ4v) is 4.66. The number of nitrogens with zero attached hydrogens (tertiary/aromatic N) is 1. The van der Waals surface area contributed by atoms with E-state index < -0.39 is 52.6 Å². The van der Waals surface area contributed by atoms with Crippen molar-refractivity contribution in [3.05, 3.63) is 29.8 Å². The quantitative estimate of drug-likeness (QED) is 0.547. The summed E-state index contributed by atoms with van der Waals surface area (Å²) in [6.45, 7) is 7.54. The molecule has 1 aliphatic carbocycles. The number of carbonyl (C=O) groups excluding carboxylic acids is 2. The lowest BCUT2D eigenvalue weighted by molar-refractivity contribution is -0.146. The molecule has 10 heteroatoms. The van der Waals surface area contributed by atoms with Crippen molar-refractivity contribution in [3.63, 3.8) is 0 Å². The molecule has 1 aromatic carbocycles. The summed E-state index contributed by atoms with van der Waals surface area (Å²) in [4.78, 5) is 39.8. The number of amides is 2. The Kier molecular flexibility index (Phi) is 6.92. The van der Waals surface area contributed by atoms with E-state index in [1.54, 1.807) is 20.8 Å². The number of aliphatic carboxylic acids is 1. The second-order valence-electron chi connectivity index (χ2n) is 10.3. The van der Waals surface area contributed by atoms with Crippen molar-refractivity contribution in [2.24, 2.45) is 11.3 Å². The van der Waals surface area contributed by atoms with E-state index in [-0.39, 0.29) is 11.6 Å². The second kappa shape index (κ2) is 9.11. The van der Waals surface area contributed by atoms with Crippen LogP contribution < -0.4 is 10.6 Å². The number of halogens is 3. The Morgan fingerprint density at radius 2 is 1.91 bits per heavy atom. The molecule has 0 spiro atoms. The summed E-state index contributed by atoms with van der Waals surface area (Å²) in [6.07, 6.45) is -2.58. The predicted octanol–water partition coefficient (Wildman–Crippen LogP) is 3.89. The Labute approximate surface area is 197 Å². The second-order valence-corrected chi connectivity index (χ2v) is 10.3. The highest BCUT2D eigenvalue weighted by atomic mass is 19.4. The molecule has 0 bridgehead atoms. The van der Waals surface area contributed by atoms with Gasteiger partial charge in [-0.25, -0.2) is 4.79 Å². The van der Waals surface area contributed by atoms with Gasteiger partial charge in [0.25, 0.3) is 0 Å². The normalized spacial score (nSPS) is 25.6. The molecule has 0 aromatic heterocycles. The van der Waals surface area contributed by atoms with Crippen LogP contribution in [0.1, 0.15) is 58.9 Å². The first-order chi connectivity index (χ1) is 15.7. The number of alkyl halides is 3. The largest absolute Gasteiger partial charge is 0.479 e. The lowest BCUT2D eigenvalue weighted by Crippen LogP contribution is -2.56. The zero-order valence-electron chi connectivity index (χ0n) is 19.8. The van der Waals surface area contributed by atoms with Crippen LogP contribution in [0.4, 0.5) is 18.9 Å². The number of carbonyl (C=O) groups is 3. The molecule has 7 nitrogen and oxygen atoms in total. The van der Waals surface area contributed by atoms with Crippen LogP contribution in [0.25, 0.3) is 0 Å². The average Bonchev–Trinajstić information content (AvgIpc) is 3.23. The van der Waals surface area contributed by atoms with Gasteiger partial charge in [-0.15, -0.1) is 0 Å². The van der Waals surface area contributed by atoms with Gasteiger partial charge in [0.2, 0.25) is 11.8 Å². The minimum atomic E-state index is -4.52. The van der Waals surface area contributed by atoms with E-state index in [2.05, 4.69) is 10.6 Å². The number of anilines is 1. The van der Waals surface area contributed by atoms with Crippen molar-refractivity contribution in [2.75, 3.05) is 11.9 Å². The molecule has 1 saturated carbocycles. The van der Waals surface area contributed by atoms with Gasteiger partial charge in [-0.1, -0.05) is 40.2 Å². The number of carboxylic acid groups (broad SMARTS) is 1. The summed E-state index contributed by atoms with van der Waals surface area (Å²) in [6, 6.07) is 2.92. The number of rotatable bonds is 7. The van der Waals surface area contributed by atoms with Gasteiger partial charge in [-0.2, -0.15) is 13.2 Å². The first-order valence-corrected chi connectivity index (χ1v) is 11.5. The molecule has 2 amide bonds.